The maximum atomic E-state index is 13.0. The number of hydrogen-bond donors (Lipinski definition) is 1. The summed E-state index contributed by atoms with van der Waals surface area (Å²) in [5, 5.41) is 11.3. The molecule has 0 unspecified atom stereocenters. The minimum Gasteiger partial charge on any atom is -0.505 e. The standard InChI is InChI=1S/C22H24N4O4/c1-13-8-9-15(30-13)19-17(21(28)22(29)26(19)12-11-24(3)4)20(27)18-14(2)23-16-7-5-6-10-25(16)18/h5-10,19,27H,11-12H2,1-4H3/t19-/m1/s1. The average Bonchev–Trinajstić information content (AvgIpc) is 3.34. The number of aliphatic hydroxyl groups is 1. The number of fused-ring (bicyclic) bond motifs is 1. The number of Topliss-reactive ketones (excluding diaryl/α,β-unsaturated/α-hetero) is 1. The molecule has 0 saturated carbocycles. The van der Waals surface area contributed by atoms with Crippen LogP contribution in [-0.4, -0.2) is 63.2 Å². The second kappa shape index (κ2) is 7.46. The molecule has 1 atom stereocenters. The number of hydrogen-bond acceptors (Lipinski definition) is 6. The lowest BCUT2D eigenvalue weighted by molar-refractivity contribution is -0.140. The van der Waals surface area contributed by atoms with Gasteiger partial charge in [-0.05, 0) is 52.2 Å². The molecule has 1 saturated heterocycles. The Morgan fingerprint density at radius 1 is 1.20 bits per heavy atom. The first-order chi connectivity index (χ1) is 14.3. The van der Waals surface area contributed by atoms with Crippen molar-refractivity contribution >= 4 is 23.1 Å². The topological polar surface area (TPSA) is 91.3 Å². The number of likely N-dealkylation sites (tertiary alicyclic amines) is 1. The SMILES string of the molecule is Cc1ccc([C@@H]2C(=C(O)c3c(C)nc4ccccn34)C(=O)C(=O)N2CCN(C)C)o1. The van der Waals surface area contributed by atoms with Crippen molar-refractivity contribution in [3.8, 4) is 0 Å². The lowest BCUT2D eigenvalue weighted by atomic mass is 10.0. The Morgan fingerprint density at radius 2 is 1.97 bits per heavy atom. The van der Waals surface area contributed by atoms with Crippen LogP contribution in [0.3, 0.4) is 0 Å². The molecule has 0 spiro atoms. The number of carbonyl (C=O) groups excluding carboxylic acids is 2. The summed E-state index contributed by atoms with van der Waals surface area (Å²) in [6, 6.07) is 8.19. The summed E-state index contributed by atoms with van der Waals surface area (Å²) in [6.45, 7) is 4.45. The van der Waals surface area contributed by atoms with E-state index in [0.717, 1.165) is 0 Å². The van der Waals surface area contributed by atoms with E-state index in [4.69, 9.17) is 4.42 Å². The first-order valence-electron chi connectivity index (χ1n) is 9.73. The Morgan fingerprint density at radius 3 is 2.63 bits per heavy atom. The molecule has 8 nitrogen and oxygen atoms in total. The molecule has 30 heavy (non-hydrogen) atoms. The smallest absolute Gasteiger partial charge is 0.295 e. The molecule has 0 bridgehead atoms. The van der Waals surface area contributed by atoms with Crippen LogP contribution in [0.4, 0.5) is 0 Å². The maximum absolute atomic E-state index is 13.0. The van der Waals surface area contributed by atoms with Gasteiger partial charge in [0.2, 0.25) is 0 Å². The van der Waals surface area contributed by atoms with Crippen LogP contribution in [0.1, 0.15) is 29.0 Å². The van der Waals surface area contributed by atoms with E-state index in [0.29, 0.717) is 41.6 Å². The lowest BCUT2D eigenvalue weighted by Crippen LogP contribution is -2.35. The monoisotopic (exact) mass is 408 g/mol. The molecule has 3 aromatic heterocycles. The molecule has 0 aromatic carbocycles. The van der Waals surface area contributed by atoms with Gasteiger partial charge in [-0.3, -0.25) is 14.0 Å². The van der Waals surface area contributed by atoms with Gasteiger partial charge in [0.05, 0.1) is 11.3 Å². The number of pyridine rings is 1. The van der Waals surface area contributed by atoms with Crippen LogP contribution < -0.4 is 0 Å². The van der Waals surface area contributed by atoms with Crippen molar-refractivity contribution in [3.05, 3.63) is 65.0 Å². The Hall–Kier alpha value is -3.39. The molecule has 3 aromatic rings. The maximum Gasteiger partial charge on any atom is 0.295 e. The minimum absolute atomic E-state index is 0.0156. The van der Waals surface area contributed by atoms with Crippen molar-refractivity contribution in [1.82, 2.24) is 19.2 Å². The third-order valence-corrected chi connectivity index (χ3v) is 5.29. The molecular formula is C22H24N4O4. The van der Waals surface area contributed by atoms with Crippen LogP contribution in [0.25, 0.3) is 11.4 Å². The fourth-order valence-corrected chi connectivity index (χ4v) is 3.84. The van der Waals surface area contributed by atoms with E-state index >= 15 is 0 Å². The molecule has 8 heteroatoms. The number of imidazole rings is 1. The Balaban J connectivity index is 1.91. The summed E-state index contributed by atoms with van der Waals surface area (Å²) in [4.78, 5) is 33.8. The highest BCUT2D eigenvalue weighted by atomic mass is 16.3. The third-order valence-electron chi connectivity index (χ3n) is 5.29. The molecule has 0 aliphatic carbocycles. The van der Waals surface area contributed by atoms with Crippen molar-refractivity contribution in [3.63, 3.8) is 0 Å². The second-order valence-electron chi connectivity index (χ2n) is 7.72. The molecule has 4 rings (SSSR count). The fraction of sp³-hybridized carbons (Fsp3) is 0.318. The number of ketones is 1. The molecule has 1 aliphatic heterocycles. The van der Waals surface area contributed by atoms with E-state index in [1.807, 2.05) is 37.2 Å². The van der Waals surface area contributed by atoms with Crippen LogP contribution in [0.15, 0.2) is 46.5 Å². The van der Waals surface area contributed by atoms with Gasteiger partial charge >= 0.3 is 0 Å². The number of aromatic nitrogens is 2. The van der Waals surface area contributed by atoms with Crippen LogP contribution >= 0.6 is 0 Å². The van der Waals surface area contributed by atoms with Gasteiger partial charge in [0.25, 0.3) is 11.7 Å². The van der Waals surface area contributed by atoms with E-state index in [-0.39, 0.29) is 11.3 Å². The lowest BCUT2D eigenvalue weighted by Gasteiger charge is -2.24. The van der Waals surface area contributed by atoms with Gasteiger partial charge in [-0.2, -0.15) is 0 Å². The summed E-state index contributed by atoms with van der Waals surface area (Å²) >= 11 is 0. The quantitative estimate of drug-likeness (QED) is 0.396. The normalized spacial score (nSPS) is 18.8. The predicted octanol–water partition coefficient (Wildman–Crippen LogP) is 2.53. The number of carbonyl (C=O) groups is 2. The molecule has 4 heterocycles. The van der Waals surface area contributed by atoms with Crippen LogP contribution in [-0.2, 0) is 9.59 Å². The zero-order valence-corrected chi connectivity index (χ0v) is 17.4. The number of aliphatic hydroxyl groups excluding tert-OH is 1. The zero-order chi connectivity index (χ0) is 21.6. The Kier molecular flexibility index (Phi) is 4.95. The molecular weight excluding hydrogens is 384 g/mol. The van der Waals surface area contributed by atoms with Crippen molar-refractivity contribution in [1.29, 1.82) is 0 Å². The summed E-state index contributed by atoms with van der Waals surface area (Å²) in [5.41, 5.74) is 1.61. The first-order valence-corrected chi connectivity index (χ1v) is 9.73. The molecule has 1 N–H and O–H groups in total. The van der Waals surface area contributed by atoms with Crippen molar-refractivity contribution in [2.75, 3.05) is 27.2 Å². The summed E-state index contributed by atoms with van der Waals surface area (Å²) in [7, 11) is 3.79. The first kappa shape index (κ1) is 19.9. The average molecular weight is 408 g/mol. The van der Waals surface area contributed by atoms with Crippen molar-refractivity contribution in [2.24, 2.45) is 0 Å². The molecule has 1 fully saturated rings. The van der Waals surface area contributed by atoms with E-state index in [1.54, 1.807) is 36.6 Å². The van der Waals surface area contributed by atoms with E-state index < -0.39 is 17.7 Å². The predicted molar refractivity (Wildman–Crippen MR) is 111 cm³/mol. The van der Waals surface area contributed by atoms with Crippen molar-refractivity contribution in [2.45, 2.75) is 19.9 Å². The summed E-state index contributed by atoms with van der Waals surface area (Å²) < 4.78 is 7.50. The highest BCUT2D eigenvalue weighted by Crippen LogP contribution is 2.40. The van der Waals surface area contributed by atoms with Crippen molar-refractivity contribution < 1.29 is 19.1 Å². The van der Waals surface area contributed by atoms with E-state index in [2.05, 4.69) is 4.98 Å². The summed E-state index contributed by atoms with van der Waals surface area (Å²) in [6.07, 6.45) is 1.76. The highest BCUT2D eigenvalue weighted by Gasteiger charge is 2.47. The molecule has 156 valence electrons. The number of likely N-dealkylation sites (N-methyl/N-ethyl adjacent to an activating group) is 1. The molecule has 0 radical (unpaired) electrons. The van der Waals surface area contributed by atoms with Crippen LogP contribution in [0.2, 0.25) is 0 Å². The summed E-state index contributed by atoms with van der Waals surface area (Å²) in [5.74, 6) is -0.525. The van der Waals surface area contributed by atoms with Gasteiger partial charge < -0.3 is 19.3 Å². The molecule has 1 amide bonds. The number of furan rings is 1. The van der Waals surface area contributed by atoms with Gasteiger partial charge in [-0.25, -0.2) is 4.98 Å². The number of nitrogens with zero attached hydrogens (tertiary/aromatic N) is 4. The largest absolute Gasteiger partial charge is 0.505 e. The number of amides is 1. The zero-order valence-electron chi connectivity index (χ0n) is 17.4. The van der Waals surface area contributed by atoms with Gasteiger partial charge in [0.1, 0.15) is 28.9 Å². The second-order valence-corrected chi connectivity index (χ2v) is 7.72. The Labute approximate surface area is 174 Å². The third kappa shape index (κ3) is 3.19. The Bertz CT molecular complexity index is 1170. The van der Waals surface area contributed by atoms with E-state index in [9.17, 15) is 14.7 Å². The molecule has 1 aliphatic rings. The van der Waals surface area contributed by atoms with Gasteiger partial charge in [-0.15, -0.1) is 0 Å². The van der Waals surface area contributed by atoms with Crippen LogP contribution in [0.5, 0.6) is 0 Å². The number of aryl methyl sites for hydroxylation is 2. The van der Waals surface area contributed by atoms with Gasteiger partial charge in [0.15, 0.2) is 5.76 Å². The van der Waals surface area contributed by atoms with Crippen LogP contribution in [0, 0.1) is 13.8 Å². The van der Waals surface area contributed by atoms with Gasteiger partial charge in [-0.1, -0.05) is 6.07 Å². The van der Waals surface area contributed by atoms with E-state index in [1.165, 1.54) is 4.90 Å². The number of rotatable bonds is 5. The highest BCUT2D eigenvalue weighted by molar-refractivity contribution is 6.46. The minimum atomic E-state index is -0.799. The van der Waals surface area contributed by atoms with Gasteiger partial charge in [0, 0.05) is 19.3 Å². The fourth-order valence-electron chi connectivity index (χ4n) is 3.84.